The van der Waals surface area contributed by atoms with Crippen LogP contribution < -0.4 is 15.4 Å². The lowest BCUT2D eigenvalue weighted by atomic mass is 10.1. The summed E-state index contributed by atoms with van der Waals surface area (Å²) in [6, 6.07) is 10.7. The van der Waals surface area contributed by atoms with Crippen LogP contribution in [0.5, 0.6) is 5.75 Å². The Hall–Kier alpha value is -3.13. The van der Waals surface area contributed by atoms with Gasteiger partial charge >= 0.3 is 11.8 Å². The Morgan fingerprint density at radius 1 is 1.21 bits per heavy atom. The summed E-state index contributed by atoms with van der Waals surface area (Å²) in [4.78, 5) is 24.6. The van der Waals surface area contributed by atoms with Gasteiger partial charge in [-0.15, -0.1) is 0 Å². The van der Waals surface area contributed by atoms with Crippen LogP contribution in [-0.4, -0.2) is 35.2 Å². The fraction of sp³-hybridized carbons (Fsp3) is 0.250. The Kier molecular flexibility index (Phi) is 6.10. The summed E-state index contributed by atoms with van der Waals surface area (Å²) < 4.78 is 7.06. The Morgan fingerprint density at radius 3 is 2.64 bits per heavy atom. The second-order valence-electron chi connectivity index (χ2n) is 6.31. The predicted molar refractivity (Wildman–Crippen MR) is 109 cm³/mol. The maximum atomic E-state index is 12.4. The number of thiophene rings is 1. The number of carbonyl (C=O) groups is 2. The van der Waals surface area contributed by atoms with Crippen molar-refractivity contribution in [3.8, 4) is 5.75 Å². The molecular formula is C20H22N4O3S. The standard InChI is InChI=1S/C20H22N4O3S/c1-13-10-14(2)24(23-13)17(15-8-9-28-12-15)11-21-19(25)20(26)22-16-6-4-5-7-18(16)27-3/h4-10,12,17H,11H2,1-3H3,(H,21,25)(H,22,26)/t17-/m0/s1. The zero-order chi connectivity index (χ0) is 20.1. The fourth-order valence-electron chi connectivity index (χ4n) is 2.97. The molecule has 1 aromatic carbocycles. The van der Waals surface area contributed by atoms with E-state index < -0.39 is 11.8 Å². The Morgan fingerprint density at radius 2 is 2.00 bits per heavy atom. The lowest BCUT2D eigenvalue weighted by molar-refractivity contribution is -0.136. The highest BCUT2D eigenvalue weighted by Gasteiger charge is 2.21. The molecule has 2 N–H and O–H groups in total. The fourth-order valence-corrected chi connectivity index (χ4v) is 3.68. The summed E-state index contributed by atoms with van der Waals surface area (Å²) >= 11 is 1.57. The number of ether oxygens (including phenoxy) is 1. The van der Waals surface area contributed by atoms with Gasteiger partial charge in [0.2, 0.25) is 0 Å². The van der Waals surface area contributed by atoms with Crippen LogP contribution in [0.25, 0.3) is 0 Å². The first kappa shape index (κ1) is 19.6. The number of carbonyl (C=O) groups excluding carboxylic acids is 2. The van der Waals surface area contributed by atoms with Gasteiger partial charge in [-0.2, -0.15) is 16.4 Å². The van der Waals surface area contributed by atoms with E-state index >= 15 is 0 Å². The highest BCUT2D eigenvalue weighted by molar-refractivity contribution is 7.08. The highest BCUT2D eigenvalue weighted by atomic mass is 32.1. The van der Waals surface area contributed by atoms with Crippen LogP contribution in [0.3, 0.4) is 0 Å². The molecule has 2 heterocycles. The molecular weight excluding hydrogens is 376 g/mol. The van der Waals surface area contributed by atoms with Crippen molar-refractivity contribution < 1.29 is 14.3 Å². The summed E-state index contributed by atoms with van der Waals surface area (Å²) in [6.07, 6.45) is 0. The number of aromatic nitrogens is 2. The van der Waals surface area contributed by atoms with Gasteiger partial charge in [-0.3, -0.25) is 14.3 Å². The number of methoxy groups -OCH3 is 1. The maximum Gasteiger partial charge on any atom is 0.313 e. The number of nitrogens with zero attached hydrogens (tertiary/aromatic N) is 2. The first-order valence-corrected chi connectivity index (χ1v) is 9.71. The van der Waals surface area contributed by atoms with Crippen LogP contribution >= 0.6 is 11.3 Å². The summed E-state index contributed by atoms with van der Waals surface area (Å²) in [5.41, 5.74) is 3.36. The number of rotatable bonds is 6. The van der Waals surface area contributed by atoms with Crippen LogP contribution in [0.2, 0.25) is 0 Å². The SMILES string of the molecule is COc1ccccc1NC(=O)C(=O)NC[C@@H](c1ccsc1)n1nc(C)cc1C. The van der Waals surface area contributed by atoms with Crippen molar-refractivity contribution in [3.05, 3.63) is 64.1 Å². The zero-order valence-electron chi connectivity index (χ0n) is 15.9. The molecule has 0 saturated carbocycles. The van der Waals surface area contributed by atoms with Crippen molar-refractivity contribution in [2.24, 2.45) is 0 Å². The van der Waals surface area contributed by atoms with Gasteiger partial charge < -0.3 is 15.4 Å². The van der Waals surface area contributed by atoms with Gasteiger partial charge in [-0.1, -0.05) is 12.1 Å². The molecule has 0 saturated heterocycles. The average Bonchev–Trinajstić information content (AvgIpc) is 3.32. The monoisotopic (exact) mass is 398 g/mol. The van der Waals surface area contributed by atoms with Crippen LogP contribution in [-0.2, 0) is 9.59 Å². The molecule has 2 amide bonds. The molecule has 0 fully saturated rings. The second kappa shape index (κ2) is 8.71. The zero-order valence-corrected chi connectivity index (χ0v) is 16.7. The molecule has 0 radical (unpaired) electrons. The van der Waals surface area contributed by atoms with E-state index in [1.807, 2.05) is 41.4 Å². The molecule has 3 rings (SSSR count). The molecule has 7 nitrogen and oxygen atoms in total. The summed E-state index contributed by atoms with van der Waals surface area (Å²) in [7, 11) is 1.50. The van der Waals surface area contributed by atoms with Crippen LogP contribution in [0, 0.1) is 13.8 Å². The number of amides is 2. The number of para-hydroxylation sites is 2. The second-order valence-corrected chi connectivity index (χ2v) is 7.09. The molecule has 28 heavy (non-hydrogen) atoms. The number of benzene rings is 1. The Bertz CT molecular complexity index is 966. The Balaban J connectivity index is 1.70. The molecule has 0 spiro atoms. The van der Waals surface area contributed by atoms with E-state index in [1.54, 1.807) is 35.6 Å². The molecule has 0 aliphatic rings. The highest BCUT2D eigenvalue weighted by Crippen LogP contribution is 2.23. The predicted octanol–water partition coefficient (Wildman–Crippen LogP) is 2.91. The lowest BCUT2D eigenvalue weighted by Gasteiger charge is -2.19. The van der Waals surface area contributed by atoms with Crippen molar-refractivity contribution in [2.75, 3.05) is 19.0 Å². The number of aryl methyl sites for hydroxylation is 2. The van der Waals surface area contributed by atoms with Crippen molar-refractivity contribution >= 4 is 28.8 Å². The third-order valence-corrected chi connectivity index (χ3v) is 4.99. The molecule has 8 heteroatoms. The van der Waals surface area contributed by atoms with E-state index in [1.165, 1.54) is 7.11 Å². The molecule has 2 aromatic heterocycles. The first-order valence-electron chi connectivity index (χ1n) is 8.76. The van der Waals surface area contributed by atoms with Gasteiger partial charge in [0, 0.05) is 12.2 Å². The van der Waals surface area contributed by atoms with Crippen LogP contribution in [0.4, 0.5) is 5.69 Å². The van der Waals surface area contributed by atoms with E-state index in [9.17, 15) is 9.59 Å². The third kappa shape index (κ3) is 4.40. The number of hydrogen-bond donors (Lipinski definition) is 2. The first-order chi connectivity index (χ1) is 13.5. The van der Waals surface area contributed by atoms with E-state index in [0.717, 1.165) is 17.0 Å². The minimum Gasteiger partial charge on any atom is -0.495 e. The van der Waals surface area contributed by atoms with Gasteiger partial charge in [-0.25, -0.2) is 0 Å². The topological polar surface area (TPSA) is 85.2 Å². The van der Waals surface area contributed by atoms with Crippen molar-refractivity contribution in [1.82, 2.24) is 15.1 Å². The van der Waals surface area contributed by atoms with Crippen LogP contribution in [0.15, 0.2) is 47.2 Å². The summed E-state index contributed by atoms with van der Waals surface area (Å²) in [5.74, 6) is -0.975. The molecule has 0 aliphatic carbocycles. The number of nitrogens with one attached hydrogen (secondary N) is 2. The molecule has 3 aromatic rings. The third-order valence-electron chi connectivity index (χ3n) is 4.29. The van der Waals surface area contributed by atoms with Gasteiger partial charge in [-0.05, 0) is 54.4 Å². The largest absolute Gasteiger partial charge is 0.495 e. The van der Waals surface area contributed by atoms with Crippen LogP contribution in [0.1, 0.15) is 23.0 Å². The summed E-state index contributed by atoms with van der Waals surface area (Å²) in [6.45, 7) is 4.14. The average molecular weight is 398 g/mol. The van der Waals surface area contributed by atoms with E-state index in [-0.39, 0.29) is 12.6 Å². The van der Waals surface area contributed by atoms with Crippen molar-refractivity contribution in [2.45, 2.75) is 19.9 Å². The maximum absolute atomic E-state index is 12.4. The quantitative estimate of drug-likeness (QED) is 0.625. The molecule has 0 aliphatic heterocycles. The van der Waals surface area contributed by atoms with E-state index in [0.29, 0.717) is 11.4 Å². The van der Waals surface area contributed by atoms with Gasteiger partial charge in [0.05, 0.1) is 24.5 Å². The van der Waals surface area contributed by atoms with E-state index in [4.69, 9.17) is 4.74 Å². The van der Waals surface area contributed by atoms with Gasteiger partial charge in [0.15, 0.2) is 0 Å². The minimum atomic E-state index is -0.748. The van der Waals surface area contributed by atoms with Gasteiger partial charge in [0.1, 0.15) is 5.75 Å². The van der Waals surface area contributed by atoms with Crippen molar-refractivity contribution in [1.29, 1.82) is 0 Å². The smallest absolute Gasteiger partial charge is 0.313 e. The normalized spacial score (nSPS) is 11.7. The lowest BCUT2D eigenvalue weighted by Crippen LogP contribution is -2.39. The van der Waals surface area contributed by atoms with Gasteiger partial charge in [0.25, 0.3) is 0 Å². The Labute approximate surface area is 167 Å². The number of hydrogen-bond acceptors (Lipinski definition) is 5. The number of anilines is 1. The van der Waals surface area contributed by atoms with E-state index in [2.05, 4.69) is 15.7 Å². The molecule has 1 atom stereocenters. The molecule has 0 bridgehead atoms. The summed E-state index contributed by atoms with van der Waals surface area (Å²) in [5, 5.41) is 13.8. The van der Waals surface area contributed by atoms with Crippen molar-refractivity contribution in [3.63, 3.8) is 0 Å². The molecule has 146 valence electrons. The minimum absolute atomic E-state index is 0.192. The molecule has 0 unspecified atom stereocenters.